The van der Waals surface area contributed by atoms with Crippen molar-refractivity contribution in [2.45, 2.75) is 12.8 Å². The fraction of sp³-hybridized carbons (Fsp3) is 0.400. The molecule has 1 unspecified atom stereocenters. The van der Waals surface area contributed by atoms with Gasteiger partial charge in [-0.3, -0.25) is 9.69 Å². The van der Waals surface area contributed by atoms with Crippen molar-refractivity contribution in [3.63, 3.8) is 0 Å². The highest BCUT2D eigenvalue weighted by atomic mass is 16.2. The summed E-state index contributed by atoms with van der Waals surface area (Å²) in [6, 6.07) is 12.3. The largest absolute Gasteiger partial charge is 0.356 e. The molecule has 0 saturated carbocycles. The first-order valence-electron chi connectivity index (χ1n) is 11.9. The third-order valence-corrected chi connectivity index (χ3v) is 6.54. The molecule has 9 heteroatoms. The number of hydrogen-bond acceptors (Lipinski definition) is 7. The molecule has 1 atom stereocenters. The molecule has 176 valence electrons. The van der Waals surface area contributed by atoms with Crippen LogP contribution >= 0.6 is 0 Å². The Morgan fingerprint density at radius 1 is 1.00 bits per heavy atom. The summed E-state index contributed by atoms with van der Waals surface area (Å²) in [5, 5.41) is 4.14. The molecule has 0 N–H and O–H groups in total. The van der Waals surface area contributed by atoms with E-state index in [2.05, 4.69) is 66.3 Å². The average Bonchev–Trinajstić information content (AvgIpc) is 3.45. The molecule has 2 fully saturated rings. The van der Waals surface area contributed by atoms with Crippen LogP contribution < -0.4 is 4.90 Å². The SMILES string of the molecule is O=C(C1CCCN(c2cc(-n3cncn3)ncn2)C1)N1CCN(C/C=C/c2ccccc2)CC1. The van der Waals surface area contributed by atoms with Crippen LogP contribution in [0.15, 0.2) is 61.5 Å². The zero-order chi connectivity index (χ0) is 23.2. The third kappa shape index (κ3) is 5.31. The van der Waals surface area contributed by atoms with Crippen LogP contribution in [0.3, 0.4) is 0 Å². The summed E-state index contributed by atoms with van der Waals surface area (Å²) in [5.41, 5.74) is 1.22. The van der Waals surface area contributed by atoms with E-state index >= 15 is 0 Å². The summed E-state index contributed by atoms with van der Waals surface area (Å²) in [6.07, 6.45) is 10.9. The van der Waals surface area contributed by atoms with E-state index in [9.17, 15) is 4.79 Å². The minimum absolute atomic E-state index is 0.00283. The van der Waals surface area contributed by atoms with E-state index in [1.165, 1.54) is 11.9 Å². The molecule has 4 heterocycles. The first kappa shape index (κ1) is 22.2. The number of rotatable bonds is 6. The Labute approximate surface area is 199 Å². The summed E-state index contributed by atoms with van der Waals surface area (Å²) in [5.74, 6) is 1.78. The molecule has 1 aromatic carbocycles. The van der Waals surface area contributed by atoms with Gasteiger partial charge in [0.2, 0.25) is 5.91 Å². The van der Waals surface area contributed by atoms with Crippen LogP contribution in [0.1, 0.15) is 18.4 Å². The van der Waals surface area contributed by atoms with Gasteiger partial charge in [0, 0.05) is 51.9 Å². The zero-order valence-electron chi connectivity index (χ0n) is 19.3. The van der Waals surface area contributed by atoms with Crippen molar-refractivity contribution in [2.75, 3.05) is 50.7 Å². The first-order valence-corrected chi connectivity index (χ1v) is 11.9. The second-order valence-corrected chi connectivity index (χ2v) is 8.80. The number of hydrogen-bond donors (Lipinski definition) is 0. The molecule has 3 aromatic rings. The molecule has 0 radical (unpaired) electrons. The highest BCUT2D eigenvalue weighted by Crippen LogP contribution is 2.24. The van der Waals surface area contributed by atoms with Crippen LogP contribution in [0, 0.1) is 5.92 Å². The predicted molar refractivity (Wildman–Crippen MR) is 130 cm³/mol. The molecule has 0 aliphatic carbocycles. The molecule has 9 nitrogen and oxygen atoms in total. The van der Waals surface area contributed by atoms with Crippen LogP contribution in [0.4, 0.5) is 5.82 Å². The number of amides is 1. The van der Waals surface area contributed by atoms with Crippen molar-refractivity contribution in [3.8, 4) is 5.82 Å². The fourth-order valence-electron chi connectivity index (χ4n) is 4.66. The Bertz CT molecular complexity index is 1090. The molecule has 2 saturated heterocycles. The standard InChI is InChI=1S/C25H30N8O/c34-25(31-14-12-30(13-15-31)10-4-8-21-6-2-1-3-7-21)22-9-5-11-32(17-22)23-16-24(28-19-27-23)33-20-26-18-29-33/h1-4,6-8,16,18-20,22H,5,9-15,17H2/b8-4+. The van der Waals surface area contributed by atoms with Gasteiger partial charge in [0.15, 0.2) is 5.82 Å². The smallest absolute Gasteiger partial charge is 0.227 e. The summed E-state index contributed by atoms with van der Waals surface area (Å²) in [4.78, 5) is 32.7. The molecule has 1 amide bonds. The van der Waals surface area contributed by atoms with Crippen molar-refractivity contribution < 1.29 is 4.79 Å². The maximum absolute atomic E-state index is 13.3. The molecule has 2 aliphatic heterocycles. The third-order valence-electron chi connectivity index (χ3n) is 6.54. The summed E-state index contributed by atoms with van der Waals surface area (Å²) in [6.45, 7) is 5.89. The van der Waals surface area contributed by atoms with Crippen LogP contribution in [0.25, 0.3) is 11.9 Å². The lowest BCUT2D eigenvalue weighted by molar-refractivity contribution is -0.137. The number of piperazine rings is 1. The van der Waals surface area contributed by atoms with E-state index in [0.717, 1.165) is 57.9 Å². The number of piperidine rings is 1. The van der Waals surface area contributed by atoms with Crippen molar-refractivity contribution >= 4 is 17.8 Å². The van der Waals surface area contributed by atoms with E-state index in [-0.39, 0.29) is 11.8 Å². The van der Waals surface area contributed by atoms with Crippen LogP contribution in [-0.2, 0) is 4.79 Å². The number of anilines is 1. The number of benzene rings is 1. The summed E-state index contributed by atoms with van der Waals surface area (Å²) >= 11 is 0. The van der Waals surface area contributed by atoms with E-state index in [4.69, 9.17) is 0 Å². The molecule has 0 bridgehead atoms. The van der Waals surface area contributed by atoms with Crippen molar-refractivity contribution in [1.29, 1.82) is 0 Å². The number of aromatic nitrogens is 5. The van der Waals surface area contributed by atoms with Gasteiger partial charge in [-0.1, -0.05) is 42.5 Å². The molecule has 5 rings (SSSR count). The summed E-state index contributed by atoms with van der Waals surface area (Å²) < 4.78 is 1.62. The highest BCUT2D eigenvalue weighted by molar-refractivity contribution is 5.80. The number of nitrogens with zero attached hydrogens (tertiary/aromatic N) is 8. The quantitative estimate of drug-likeness (QED) is 0.560. The molecule has 0 spiro atoms. The van der Waals surface area contributed by atoms with Gasteiger partial charge in [-0.15, -0.1) is 0 Å². The van der Waals surface area contributed by atoms with E-state index in [0.29, 0.717) is 12.4 Å². The van der Waals surface area contributed by atoms with Crippen LogP contribution in [0.5, 0.6) is 0 Å². The van der Waals surface area contributed by atoms with Gasteiger partial charge in [-0.2, -0.15) is 5.10 Å². The van der Waals surface area contributed by atoms with Crippen LogP contribution in [-0.4, -0.2) is 86.3 Å². The maximum Gasteiger partial charge on any atom is 0.227 e. The highest BCUT2D eigenvalue weighted by Gasteiger charge is 2.31. The van der Waals surface area contributed by atoms with Gasteiger partial charge >= 0.3 is 0 Å². The maximum atomic E-state index is 13.3. The van der Waals surface area contributed by atoms with Gasteiger partial charge < -0.3 is 9.80 Å². The van der Waals surface area contributed by atoms with Crippen molar-refractivity contribution in [1.82, 2.24) is 34.5 Å². The fourth-order valence-corrected chi connectivity index (χ4v) is 4.66. The average molecular weight is 459 g/mol. The van der Waals surface area contributed by atoms with Crippen molar-refractivity contribution in [3.05, 3.63) is 67.0 Å². The monoisotopic (exact) mass is 458 g/mol. The van der Waals surface area contributed by atoms with Gasteiger partial charge in [0.05, 0.1) is 5.92 Å². The molecular formula is C25H30N8O. The van der Waals surface area contributed by atoms with Crippen molar-refractivity contribution in [2.24, 2.45) is 5.92 Å². The molecule has 34 heavy (non-hydrogen) atoms. The lowest BCUT2D eigenvalue weighted by Crippen LogP contribution is -2.52. The Balaban J connectivity index is 1.14. The predicted octanol–water partition coefficient (Wildman–Crippen LogP) is 2.13. The van der Waals surface area contributed by atoms with E-state index in [1.54, 1.807) is 17.3 Å². The van der Waals surface area contributed by atoms with Gasteiger partial charge in [-0.05, 0) is 18.4 Å². The first-order chi connectivity index (χ1) is 16.8. The Morgan fingerprint density at radius 3 is 2.62 bits per heavy atom. The molecule has 2 aliphatic rings. The molecular weight excluding hydrogens is 428 g/mol. The number of carbonyl (C=O) groups is 1. The molecule has 2 aromatic heterocycles. The van der Waals surface area contributed by atoms with Crippen LogP contribution in [0.2, 0.25) is 0 Å². The second kappa shape index (κ2) is 10.6. The van der Waals surface area contributed by atoms with Gasteiger partial charge in [0.1, 0.15) is 24.8 Å². The van der Waals surface area contributed by atoms with E-state index < -0.39 is 0 Å². The Hall–Kier alpha value is -3.59. The second-order valence-electron chi connectivity index (χ2n) is 8.80. The van der Waals surface area contributed by atoms with Gasteiger partial charge in [0.25, 0.3) is 0 Å². The lowest BCUT2D eigenvalue weighted by Gasteiger charge is -2.39. The summed E-state index contributed by atoms with van der Waals surface area (Å²) in [7, 11) is 0. The topological polar surface area (TPSA) is 83.3 Å². The van der Waals surface area contributed by atoms with Gasteiger partial charge in [-0.25, -0.2) is 19.6 Å². The number of carbonyl (C=O) groups excluding carboxylic acids is 1. The Kier molecular flexibility index (Phi) is 6.90. The van der Waals surface area contributed by atoms with E-state index in [1.807, 2.05) is 17.0 Å². The minimum atomic E-state index is 0.00283. The Morgan fingerprint density at radius 2 is 1.82 bits per heavy atom. The minimum Gasteiger partial charge on any atom is -0.356 e. The normalized spacial score (nSPS) is 19.6. The lowest BCUT2D eigenvalue weighted by atomic mass is 9.96. The zero-order valence-corrected chi connectivity index (χ0v) is 19.3.